The molecule has 0 saturated heterocycles. The predicted octanol–water partition coefficient (Wildman–Crippen LogP) is 15.1. The van der Waals surface area contributed by atoms with Gasteiger partial charge in [-0.15, -0.1) is 0 Å². The average molecular weight is 548 g/mol. The van der Waals surface area contributed by atoms with Crippen LogP contribution in [0.25, 0.3) is 0 Å². The van der Waals surface area contributed by atoms with E-state index in [1.165, 1.54) is 218 Å². The number of rotatable bonds is 35. The molecule has 0 aromatic rings. The second-order valence-corrected chi connectivity index (χ2v) is 13.3. The molecule has 1 unspecified atom stereocenters. The van der Waals surface area contributed by atoms with Gasteiger partial charge in [-0.2, -0.15) is 0 Å². The van der Waals surface area contributed by atoms with Crippen molar-refractivity contribution in [2.75, 3.05) is 0 Å². The van der Waals surface area contributed by atoms with Crippen LogP contribution in [0.3, 0.4) is 0 Å². The minimum atomic E-state index is 0.996. The first-order chi connectivity index (χ1) is 19.3. The Morgan fingerprint density at radius 3 is 0.718 bits per heavy atom. The van der Waals surface area contributed by atoms with Gasteiger partial charge in [0.1, 0.15) is 0 Å². The van der Waals surface area contributed by atoms with E-state index in [9.17, 15) is 0 Å². The van der Waals surface area contributed by atoms with Crippen LogP contribution in [0.4, 0.5) is 0 Å². The molecule has 0 N–H and O–H groups in total. The first kappa shape index (κ1) is 39.0. The van der Waals surface area contributed by atoms with E-state index in [1.54, 1.807) is 0 Å². The van der Waals surface area contributed by atoms with Crippen molar-refractivity contribution in [3.05, 3.63) is 6.92 Å². The summed E-state index contributed by atoms with van der Waals surface area (Å²) in [5, 5.41) is 0. The highest BCUT2D eigenvalue weighted by atomic mass is 14.1. The monoisotopic (exact) mass is 548 g/mol. The van der Waals surface area contributed by atoms with Crippen molar-refractivity contribution in [3.63, 3.8) is 0 Å². The van der Waals surface area contributed by atoms with Gasteiger partial charge in [0.2, 0.25) is 0 Å². The van der Waals surface area contributed by atoms with E-state index in [0.29, 0.717) is 0 Å². The largest absolute Gasteiger partial charge is 0.0654 e. The fourth-order valence-electron chi connectivity index (χ4n) is 6.47. The van der Waals surface area contributed by atoms with Crippen LogP contribution in [0.2, 0.25) is 0 Å². The van der Waals surface area contributed by atoms with E-state index in [4.69, 9.17) is 0 Å². The molecule has 0 aromatic carbocycles. The van der Waals surface area contributed by atoms with Gasteiger partial charge in [0.25, 0.3) is 0 Å². The molecule has 0 saturated carbocycles. The molecule has 0 rings (SSSR count). The molecule has 0 aromatic heterocycles. The molecular formula is C39H79. The summed E-state index contributed by atoms with van der Waals surface area (Å²) in [6.45, 7) is 8.73. The quantitative estimate of drug-likeness (QED) is 0.0692. The van der Waals surface area contributed by atoms with Crippen molar-refractivity contribution >= 4 is 0 Å². The molecule has 0 heteroatoms. The van der Waals surface area contributed by atoms with Gasteiger partial charge in [-0.3, -0.25) is 0 Å². The van der Waals surface area contributed by atoms with Crippen molar-refractivity contribution in [2.45, 2.75) is 239 Å². The minimum absolute atomic E-state index is 0.996. The first-order valence-electron chi connectivity index (χ1n) is 19.1. The van der Waals surface area contributed by atoms with Crippen molar-refractivity contribution < 1.29 is 0 Å². The van der Waals surface area contributed by atoms with E-state index in [-0.39, 0.29) is 0 Å². The topological polar surface area (TPSA) is 0 Å². The maximum atomic E-state index is 4.11. The maximum absolute atomic E-state index is 4.11. The number of unbranched alkanes of at least 4 members (excludes halogenated alkanes) is 29. The van der Waals surface area contributed by atoms with Crippen LogP contribution in [0.5, 0.6) is 0 Å². The van der Waals surface area contributed by atoms with Gasteiger partial charge >= 0.3 is 0 Å². The first-order valence-corrected chi connectivity index (χ1v) is 19.1. The van der Waals surface area contributed by atoms with Gasteiger partial charge in [0.05, 0.1) is 0 Å². The maximum Gasteiger partial charge on any atom is -0.0414 e. The molecule has 0 bridgehead atoms. The lowest BCUT2D eigenvalue weighted by molar-refractivity contribution is 0.372. The third-order valence-corrected chi connectivity index (χ3v) is 9.29. The van der Waals surface area contributed by atoms with Gasteiger partial charge in [-0.05, 0) is 5.92 Å². The van der Waals surface area contributed by atoms with Crippen LogP contribution < -0.4 is 0 Å². The Morgan fingerprint density at radius 2 is 0.487 bits per heavy atom. The van der Waals surface area contributed by atoms with Crippen molar-refractivity contribution in [2.24, 2.45) is 5.92 Å². The van der Waals surface area contributed by atoms with E-state index in [2.05, 4.69) is 20.8 Å². The lowest BCUT2D eigenvalue weighted by Gasteiger charge is -2.16. The Hall–Kier alpha value is 0. The second-order valence-electron chi connectivity index (χ2n) is 13.3. The predicted molar refractivity (Wildman–Crippen MR) is 182 cm³/mol. The molecule has 39 heavy (non-hydrogen) atoms. The molecule has 0 heterocycles. The zero-order valence-electron chi connectivity index (χ0n) is 28.0. The third kappa shape index (κ3) is 34.1. The van der Waals surface area contributed by atoms with Crippen LogP contribution in [0.15, 0.2) is 0 Å². The molecular weight excluding hydrogens is 468 g/mol. The van der Waals surface area contributed by atoms with Crippen LogP contribution in [-0.4, -0.2) is 0 Å². The van der Waals surface area contributed by atoms with E-state index < -0.39 is 0 Å². The van der Waals surface area contributed by atoms with Crippen molar-refractivity contribution in [1.29, 1.82) is 0 Å². The smallest absolute Gasteiger partial charge is 0.0414 e. The fraction of sp³-hybridized carbons (Fsp3) is 0.974. The minimum Gasteiger partial charge on any atom is -0.0654 e. The Labute approximate surface area is 251 Å². The van der Waals surface area contributed by atoms with E-state index in [0.717, 1.165) is 12.3 Å². The molecule has 0 nitrogen and oxygen atoms in total. The average Bonchev–Trinajstić information content (AvgIpc) is 2.95. The molecule has 0 fully saturated rings. The standard InChI is InChI=1S/C39H79/c1-4-7-10-12-14-16-18-20-21-22-23-25-27-29-31-33-35-38-39(36-9-6-3)37-34-32-30-28-26-24-19-17-15-13-11-8-5-2/h39H,3-38H2,1-2H3. The van der Waals surface area contributed by atoms with Crippen LogP contribution in [0.1, 0.15) is 239 Å². The van der Waals surface area contributed by atoms with E-state index >= 15 is 0 Å². The van der Waals surface area contributed by atoms with Gasteiger partial charge in [-0.1, -0.05) is 245 Å². The molecule has 0 aliphatic carbocycles. The molecule has 1 atom stereocenters. The fourth-order valence-corrected chi connectivity index (χ4v) is 6.47. The number of hydrogen-bond donors (Lipinski definition) is 0. The van der Waals surface area contributed by atoms with Gasteiger partial charge in [0.15, 0.2) is 0 Å². The van der Waals surface area contributed by atoms with Gasteiger partial charge in [0, 0.05) is 0 Å². The summed E-state index contributed by atoms with van der Waals surface area (Å²) in [5.41, 5.74) is 0. The zero-order valence-corrected chi connectivity index (χ0v) is 28.0. The molecule has 0 aliphatic rings. The summed E-state index contributed by atoms with van der Waals surface area (Å²) in [6.07, 6.45) is 51.1. The Balaban J connectivity index is 3.44. The summed E-state index contributed by atoms with van der Waals surface area (Å²) >= 11 is 0. The van der Waals surface area contributed by atoms with Crippen LogP contribution >= 0.6 is 0 Å². The summed E-state index contributed by atoms with van der Waals surface area (Å²) in [6, 6.07) is 0. The Morgan fingerprint density at radius 1 is 0.282 bits per heavy atom. The highest BCUT2D eigenvalue weighted by Crippen LogP contribution is 2.24. The number of hydrogen-bond acceptors (Lipinski definition) is 0. The van der Waals surface area contributed by atoms with Crippen molar-refractivity contribution in [1.82, 2.24) is 0 Å². The molecule has 1 radical (unpaired) electrons. The lowest BCUT2D eigenvalue weighted by Crippen LogP contribution is -2.01. The second kappa shape index (κ2) is 36.0. The SMILES string of the molecule is [CH2]CCCC(CCCCCCCCCCCCCCC)CCCCCCCCCCCCCCCCCCC. The molecule has 235 valence electrons. The van der Waals surface area contributed by atoms with Gasteiger partial charge < -0.3 is 0 Å². The Bertz CT molecular complexity index is 399. The summed E-state index contributed by atoms with van der Waals surface area (Å²) in [4.78, 5) is 0. The van der Waals surface area contributed by atoms with Crippen molar-refractivity contribution in [3.8, 4) is 0 Å². The summed E-state index contributed by atoms with van der Waals surface area (Å²) in [7, 11) is 0. The normalized spacial score (nSPS) is 12.4. The molecule has 0 amide bonds. The summed E-state index contributed by atoms with van der Waals surface area (Å²) < 4.78 is 0. The lowest BCUT2D eigenvalue weighted by atomic mass is 9.90. The zero-order chi connectivity index (χ0) is 28.3. The summed E-state index contributed by atoms with van der Waals surface area (Å²) in [5.74, 6) is 0.996. The Kier molecular flexibility index (Phi) is 36.0. The highest BCUT2D eigenvalue weighted by molar-refractivity contribution is 4.62. The third-order valence-electron chi connectivity index (χ3n) is 9.29. The van der Waals surface area contributed by atoms with Crippen LogP contribution in [0, 0.1) is 12.8 Å². The van der Waals surface area contributed by atoms with Gasteiger partial charge in [-0.25, -0.2) is 0 Å². The molecule has 0 aliphatic heterocycles. The van der Waals surface area contributed by atoms with Crippen LogP contribution in [-0.2, 0) is 0 Å². The molecule has 0 spiro atoms. The highest BCUT2D eigenvalue weighted by Gasteiger charge is 2.08. The van der Waals surface area contributed by atoms with E-state index in [1.807, 2.05) is 0 Å².